The Hall–Kier alpha value is -1.64. The van der Waals surface area contributed by atoms with Crippen LogP contribution in [0.5, 0.6) is 0 Å². The molecule has 0 spiro atoms. The van der Waals surface area contributed by atoms with Gasteiger partial charge in [0.05, 0.1) is 5.92 Å². The molecule has 1 aliphatic rings. The molecule has 1 aromatic carbocycles. The number of Topliss-reactive ketones (excluding diaryl/α,β-unsaturated/α-hetero) is 1. The number of hydrogen-bond donors (Lipinski definition) is 0. The molecular formula is C17H22O3. The topological polar surface area (TPSA) is 43.4 Å². The second kappa shape index (κ2) is 6.69. The van der Waals surface area contributed by atoms with E-state index in [0.29, 0.717) is 5.56 Å². The highest BCUT2D eigenvalue weighted by molar-refractivity contribution is 6.00. The highest BCUT2D eigenvalue weighted by Gasteiger charge is 2.26. The molecule has 1 atom stereocenters. The summed E-state index contributed by atoms with van der Waals surface area (Å²) in [5.74, 6) is -0.358. The highest BCUT2D eigenvalue weighted by Crippen LogP contribution is 2.25. The van der Waals surface area contributed by atoms with Crippen LogP contribution in [0, 0.1) is 12.8 Å². The Kier molecular flexibility index (Phi) is 4.94. The lowest BCUT2D eigenvalue weighted by Gasteiger charge is -2.22. The van der Waals surface area contributed by atoms with Gasteiger partial charge in [0.25, 0.3) is 0 Å². The van der Waals surface area contributed by atoms with Crippen LogP contribution < -0.4 is 0 Å². The van der Waals surface area contributed by atoms with Crippen LogP contribution in [0.1, 0.15) is 54.9 Å². The monoisotopic (exact) mass is 274 g/mol. The summed E-state index contributed by atoms with van der Waals surface area (Å²) in [6.45, 7) is 3.63. The second-order valence-corrected chi connectivity index (χ2v) is 5.64. The van der Waals surface area contributed by atoms with E-state index in [-0.39, 0.29) is 17.7 Å². The number of aryl methyl sites for hydroxylation is 1. The van der Waals surface area contributed by atoms with Crippen LogP contribution in [-0.4, -0.2) is 17.9 Å². The Morgan fingerprint density at radius 1 is 1.10 bits per heavy atom. The van der Waals surface area contributed by atoms with Crippen molar-refractivity contribution < 1.29 is 14.3 Å². The fourth-order valence-electron chi connectivity index (χ4n) is 2.61. The van der Waals surface area contributed by atoms with Crippen molar-refractivity contribution in [3.63, 3.8) is 0 Å². The van der Waals surface area contributed by atoms with Crippen molar-refractivity contribution in [3.8, 4) is 0 Å². The van der Waals surface area contributed by atoms with Gasteiger partial charge in [-0.1, -0.05) is 49.1 Å². The van der Waals surface area contributed by atoms with E-state index in [1.54, 1.807) is 19.1 Å². The molecule has 0 amide bonds. The Morgan fingerprint density at radius 2 is 1.70 bits per heavy atom. The molecular weight excluding hydrogens is 252 g/mol. The zero-order valence-electron chi connectivity index (χ0n) is 12.2. The third-order valence-electron chi connectivity index (χ3n) is 3.94. The van der Waals surface area contributed by atoms with Crippen molar-refractivity contribution in [3.05, 3.63) is 35.4 Å². The predicted octanol–water partition coefficient (Wildman–Crippen LogP) is 3.69. The van der Waals surface area contributed by atoms with Crippen molar-refractivity contribution in [1.82, 2.24) is 0 Å². The van der Waals surface area contributed by atoms with Crippen LogP contribution >= 0.6 is 0 Å². The van der Waals surface area contributed by atoms with Gasteiger partial charge in [-0.25, -0.2) is 0 Å². The van der Waals surface area contributed by atoms with E-state index in [1.165, 1.54) is 6.42 Å². The van der Waals surface area contributed by atoms with E-state index in [4.69, 9.17) is 4.74 Å². The molecule has 3 heteroatoms. The lowest BCUT2D eigenvalue weighted by Crippen LogP contribution is -2.29. The highest BCUT2D eigenvalue weighted by atomic mass is 16.5. The van der Waals surface area contributed by atoms with Crippen molar-refractivity contribution >= 4 is 11.8 Å². The van der Waals surface area contributed by atoms with Gasteiger partial charge >= 0.3 is 5.97 Å². The van der Waals surface area contributed by atoms with Gasteiger partial charge in [-0.3, -0.25) is 9.59 Å². The first kappa shape index (κ1) is 14.8. The lowest BCUT2D eigenvalue weighted by atomic mass is 9.89. The fraction of sp³-hybridized carbons (Fsp3) is 0.529. The summed E-state index contributed by atoms with van der Waals surface area (Å²) >= 11 is 0. The minimum atomic E-state index is -0.702. The van der Waals surface area contributed by atoms with Crippen molar-refractivity contribution in [2.45, 2.75) is 52.1 Å². The van der Waals surface area contributed by atoms with Gasteiger partial charge < -0.3 is 4.74 Å². The lowest BCUT2D eigenvalue weighted by molar-refractivity contribution is -0.152. The Labute approximate surface area is 120 Å². The van der Waals surface area contributed by atoms with E-state index >= 15 is 0 Å². The van der Waals surface area contributed by atoms with Gasteiger partial charge in [0.1, 0.15) is 0 Å². The van der Waals surface area contributed by atoms with Crippen LogP contribution in [0.3, 0.4) is 0 Å². The molecule has 3 nitrogen and oxygen atoms in total. The largest absolute Gasteiger partial charge is 0.454 e. The zero-order valence-corrected chi connectivity index (χ0v) is 12.2. The quantitative estimate of drug-likeness (QED) is 0.621. The van der Waals surface area contributed by atoms with Gasteiger partial charge in [0.15, 0.2) is 6.10 Å². The van der Waals surface area contributed by atoms with Gasteiger partial charge in [-0.05, 0) is 26.7 Å². The normalized spacial score (nSPS) is 17.5. The van der Waals surface area contributed by atoms with E-state index in [1.807, 2.05) is 19.1 Å². The maximum absolute atomic E-state index is 12.2. The van der Waals surface area contributed by atoms with Crippen LogP contribution in [-0.2, 0) is 9.53 Å². The van der Waals surface area contributed by atoms with E-state index < -0.39 is 6.10 Å². The summed E-state index contributed by atoms with van der Waals surface area (Å²) in [5, 5.41) is 0. The maximum Gasteiger partial charge on any atom is 0.309 e. The first-order valence-corrected chi connectivity index (χ1v) is 7.39. The molecule has 0 aliphatic heterocycles. The van der Waals surface area contributed by atoms with Crippen LogP contribution in [0.25, 0.3) is 0 Å². The first-order chi connectivity index (χ1) is 9.58. The number of ether oxygens (including phenoxy) is 1. The molecule has 1 unspecified atom stereocenters. The smallest absolute Gasteiger partial charge is 0.309 e. The summed E-state index contributed by atoms with van der Waals surface area (Å²) < 4.78 is 5.35. The van der Waals surface area contributed by atoms with Crippen molar-refractivity contribution in [1.29, 1.82) is 0 Å². The van der Waals surface area contributed by atoms with Gasteiger partial charge in [-0.15, -0.1) is 0 Å². The summed E-state index contributed by atoms with van der Waals surface area (Å²) in [5.41, 5.74) is 1.70. The number of hydrogen-bond acceptors (Lipinski definition) is 3. The molecule has 1 saturated carbocycles. The minimum absolute atomic E-state index is 0.0167. The van der Waals surface area contributed by atoms with Crippen LogP contribution in [0.2, 0.25) is 0 Å². The summed E-state index contributed by atoms with van der Waals surface area (Å²) in [6.07, 6.45) is 4.45. The van der Waals surface area contributed by atoms with Gasteiger partial charge in [0, 0.05) is 5.56 Å². The van der Waals surface area contributed by atoms with E-state index in [9.17, 15) is 9.59 Å². The van der Waals surface area contributed by atoms with E-state index in [2.05, 4.69) is 0 Å². The standard InChI is InChI=1S/C17H22O3/c1-12-8-10-14(11-9-12)16(18)13(2)20-17(19)15-6-4-3-5-7-15/h8-11,13,15H,3-7H2,1-2H3. The van der Waals surface area contributed by atoms with Crippen LogP contribution in [0.15, 0.2) is 24.3 Å². The zero-order chi connectivity index (χ0) is 14.5. The number of carbonyl (C=O) groups excluding carboxylic acids is 2. The summed E-state index contributed by atoms with van der Waals surface area (Å²) in [7, 11) is 0. The fourth-order valence-corrected chi connectivity index (χ4v) is 2.61. The van der Waals surface area contributed by atoms with E-state index in [0.717, 1.165) is 31.2 Å². The van der Waals surface area contributed by atoms with Crippen LogP contribution in [0.4, 0.5) is 0 Å². The average molecular weight is 274 g/mol. The first-order valence-electron chi connectivity index (χ1n) is 7.39. The molecule has 0 bridgehead atoms. The molecule has 1 aromatic rings. The SMILES string of the molecule is Cc1ccc(C(=O)C(C)OC(=O)C2CCCCC2)cc1. The Balaban J connectivity index is 1.93. The molecule has 108 valence electrons. The molecule has 20 heavy (non-hydrogen) atoms. The molecule has 0 heterocycles. The average Bonchev–Trinajstić information content (AvgIpc) is 2.48. The predicted molar refractivity (Wildman–Crippen MR) is 77.6 cm³/mol. The molecule has 0 radical (unpaired) electrons. The molecule has 0 saturated heterocycles. The third kappa shape index (κ3) is 3.69. The van der Waals surface area contributed by atoms with Crippen molar-refractivity contribution in [2.75, 3.05) is 0 Å². The molecule has 0 N–H and O–H groups in total. The van der Waals surface area contributed by atoms with Gasteiger partial charge in [-0.2, -0.15) is 0 Å². The number of ketones is 1. The molecule has 1 aliphatic carbocycles. The number of carbonyl (C=O) groups is 2. The van der Waals surface area contributed by atoms with Crippen molar-refractivity contribution in [2.24, 2.45) is 5.92 Å². The number of esters is 1. The second-order valence-electron chi connectivity index (χ2n) is 5.64. The molecule has 0 aromatic heterocycles. The summed E-state index contributed by atoms with van der Waals surface area (Å²) in [6, 6.07) is 7.34. The molecule has 2 rings (SSSR count). The maximum atomic E-state index is 12.2. The minimum Gasteiger partial charge on any atom is -0.454 e. The Bertz CT molecular complexity index is 470. The third-order valence-corrected chi connectivity index (χ3v) is 3.94. The number of benzene rings is 1. The van der Waals surface area contributed by atoms with Gasteiger partial charge in [0.2, 0.25) is 5.78 Å². The number of rotatable bonds is 4. The molecule has 1 fully saturated rings. The summed E-state index contributed by atoms with van der Waals surface area (Å²) in [4.78, 5) is 24.2. The Morgan fingerprint density at radius 3 is 2.30 bits per heavy atom.